The number of carbonyl (C=O) groups excluding carboxylic acids is 2. The van der Waals surface area contributed by atoms with Crippen LogP contribution in [-0.2, 0) is 22.4 Å². The molecule has 2 saturated heterocycles. The lowest BCUT2D eigenvalue weighted by molar-refractivity contribution is -0.126. The van der Waals surface area contributed by atoms with Crippen molar-refractivity contribution in [3.8, 4) is 0 Å². The van der Waals surface area contributed by atoms with E-state index in [0.29, 0.717) is 32.3 Å². The fourth-order valence-electron chi connectivity index (χ4n) is 4.25. The fraction of sp³-hybridized carbons (Fsp3) is 0.700. The van der Waals surface area contributed by atoms with E-state index < -0.39 is 0 Å². The van der Waals surface area contributed by atoms with Crippen LogP contribution in [0.15, 0.2) is 6.07 Å². The molecule has 1 aliphatic carbocycles. The molecule has 1 unspecified atom stereocenters. The van der Waals surface area contributed by atoms with E-state index in [4.69, 9.17) is 4.74 Å². The number of aryl methyl sites for hydroxylation is 1. The molecule has 148 valence electrons. The number of hydrogen-bond acceptors (Lipinski definition) is 5. The Bertz CT molecular complexity index is 691. The Morgan fingerprint density at radius 3 is 2.63 bits per heavy atom. The monoisotopic (exact) mass is 391 g/mol. The first-order valence-corrected chi connectivity index (χ1v) is 10.9. The van der Waals surface area contributed by atoms with Crippen LogP contribution in [0.5, 0.6) is 0 Å². The highest BCUT2D eigenvalue weighted by Gasteiger charge is 2.30. The average Bonchev–Trinajstić information content (AvgIpc) is 3.13. The molecule has 3 heterocycles. The van der Waals surface area contributed by atoms with Crippen molar-refractivity contribution >= 4 is 23.2 Å². The molecular weight excluding hydrogens is 362 g/mol. The quantitative estimate of drug-likeness (QED) is 0.849. The molecule has 1 N–H and O–H groups in total. The van der Waals surface area contributed by atoms with Gasteiger partial charge in [-0.3, -0.25) is 9.59 Å². The summed E-state index contributed by atoms with van der Waals surface area (Å²) < 4.78 is 5.34. The summed E-state index contributed by atoms with van der Waals surface area (Å²) in [7, 11) is 2.13. The van der Waals surface area contributed by atoms with Gasteiger partial charge in [0.25, 0.3) is 5.91 Å². The Balaban J connectivity index is 1.36. The molecule has 0 radical (unpaired) electrons. The van der Waals surface area contributed by atoms with E-state index in [9.17, 15) is 9.59 Å². The van der Waals surface area contributed by atoms with Crippen LogP contribution in [0, 0.1) is 5.92 Å². The number of nitrogens with zero attached hydrogens (tertiary/aromatic N) is 2. The predicted molar refractivity (Wildman–Crippen MR) is 105 cm³/mol. The van der Waals surface area contributed by atoms with Crippen LogP contribution >= 0.6 is 11.3 Å². The van der Waals surface area contributed by atoms with Crippen molar-refractivity contribution in [2.75, 3.05) is 46.4 Å². The molecular formula is C20H29N3O3S. The van der Waals surface area contributed by atoms with Gasteiger partial charge in [0, 0.05) is 29.9 Å². The molecule has 0 aromatic carbocycles. The highest BCUT2D eigenvalue weighted by molar-refractivity contribution is 7.14. The number of fused-ring (bicyclic) bond motifs is 1. The molecule has 0 spiro atoms. The Morgan fingerprint density at radius 1 is 1.15 bits per heavy atom. The SMILES string of the molecule is CN1CCC(NC(=O)C2CCc3sc(C(=O)N4CCOCC4)cc3C2)CC1. The van der Waals surface area contributed by atoms with Crippen molar-refractivity contribution in [3.63, 3.8) is 0 Å². The maximum atomic E-state index is 12.7. The second kappa shape index (κ2) is 8.29. The van der Waals surface area contributed by atoms with Crippen LogP contribution in [0.25, 0.3) is 0 Å². The van der Waals surface area contributed by atoms with Crippen LogP contribution in [-0.4, -0.2) is 74.1 Å². The van der Waals surface area contributed by atoms with Gasteiger partial charge in [-0.1, -0.05) is 0 Å². The van der Waals surface area contributed by atoms with E-state index in [1.165, 1.54) is 10.4 Å². The summed E-state index contributed by atoms with van der Waals surface area (Å²) in [6.07, 6.45) is 4.63. The van der Waals surface area contributed by atoms with Crippen LogP contribution in [0.4, 0.5) is 0 Å². The number of carbonyl (C=O) groups is 2. The third-order valence-electron chi connectivity index (χ3n) is 6.03. The zero-order valence-electron chi connectivity index (χ0n) is 16.0. The predicted octanol–water partition coefficient (Wildman–Crippen LogP) is 1.54. The van der Waals surface area contributed by atoms with E-state index in [1.807, 2.05) is 11.0 Å². The summed E-state index contributed by atoms with van der Waals surface area (Å²) >= 11 is 1.62. The molecule has 6 nitrogen and oxygen atoms in total. The highest BCUT2D eigenvalue weighted by Crippen LogP contribution is 2.33. The summed E-state index contributed by atoms with van der Waals surface area (Å²) in [6.45, 7) is 4.69. The summed E-state index contributed by atoms with van der Waals surface area (Å²) in [6, 6.07) is 2.35. The molecule has 27 heavy (non-hydrogen) atoms. The smallest absolute Gasteiger partial charge is 0.264 e. The number of hydrogen-bond donors (Lipinski definition) is 1. The molecule has 1 aromatic heterocycles. The van der Waals surface area contributed by atoms with E-state index >= 15 is 0 Å². The molecule has 1 atom stereocenters. The second-order valence-corrected chi connectivity index (χ2v) is 9.13. The number of ether oxygens (including phenoxy) is 1. The standard InChI is InChI=1S/C20H29N3O3S/c1-22-6-4-16(5-7-22)21-19(24)14-2-3-17-15(12-14)13-18(27-17)20(25)23-8-10-26-11-9-23/h13-14,16H,2-12H2,1H3,(H,21,24). The number of piperidine rings is 1. The van der Waals surface area contributed by atoms with Crippen molar-refractivity contribution in [1.82, 2.24) is 15.1 Å². The first-order chi connectivity index (χ1) is 13.1. The largest absolute Gasteiger partial charge is 0.378 e. The first kappa shape index (κ1) is 18.9. The zero-order chi connectivity index (χ0) is 18.8. The number of amides is 2. The maximum absolute atomic E-state index is 12.7. The van der Waals surface area contributed by atoms with Gasteiger partial charge in [-0.2, -0.15) is 0 Å². The third-order valence-corrected chi connectivity index (χ3v) is 7.25. The normalized spacial score (nSPS) is 24.5. The summed E-state index contributed by atoms with van der Waals surface area (Å²) in [5.74, 6) is 0.352. The van der Waals surface area contributed by atoms with Crippen molar-refractivity contribution in [2.45, 2.75) is 38.1 Å². The lowest BCUT2D eigenvalue weighted by Gasteiger charge is -2.31. The fourth-order valence-corrected chi connectivity index (χ4v) is 5.42. The average molecular weight is 392 g/mol. The second-order valence-electron chi connectivity index (χ2n) is 7.99. The van der Waals surface area contributed by atoms with E-state index in [-0.39, 0.29) is 17.7 Å². The number of rotatable bonds is 3. The Hall–Kier alpha value is -1.44. The summed E-state index contributed by atoms with van der Waals surface area (Å²) in [5.41, 5.74) is 1.20. The van der Waals surface area contributed by atoms with Gasteiger partial charge in [0.15, 0.2) is 0 Å². The van der Waals surface area contributed by atoms with Gasteiger partial charge in [-0.25, -0.2) is 0 Å². The van der Waals surface area contributed by atoms with Gasteiger partial charge in [0.05, 0.1) is 18.1 Å². The number of likely N-dealkylation sites (tertiary alicyclic amines) is 1. The lowest BCUT2D eigenvalue weighted by atomic mass is 9.87. The Kier molecular flexibility index (Phi) is 5.80. The van der Waals surface area contributed by atoms with Crippen LogP contribution in [0.3, 0.4) is 0 Å². The topological polar surface area (TPSA) is 61.9 Å². The van der Waals surface area contributed by atoms with Crippen molar-refractivity contribution < 1.29 is 14.3 Å². The zero-order valence-corrected chi connectivity index (χ0v) is 16.9. The van der Waals surface area contributed by atoms with Crippen LogP contribution < -0.4 is 5.32 Å². The van der Waals surface area contributed by atoms with Gasteiger partial charge >= 0.3 is 0 Å². The maximum Gasteiger partial charge on any atom is 0.264 e. The molecule has 2 aliphatic heterocycles. The summed E-state index contributed by atoms with van der Waals surface area (Å²) in [5, 5.41) is 3.27. The Morgan fingerprint density at radius 2 is 1.89 bits per heavy atom. The van der Waals surface area contributed by atoms with Gasteiger partial charge < -0.3 is 19.9 Å². The van der Waals surface area contributed by atoms with E-state index in [1.54, 1.807) is 11.3 Å². The molecule has 2 amide bonds. The van der Waals surface area contributed by atoms with Gasteiger partial charge in [-0.05, 0) is 63.9 Å². The number of nitrogens with one attached hydrogen (secondary N) is 1. The van der Waals surface area contributed by atoms with Gasteiger partial charge in [-0.15, -0.1) is 11.3 Å². The van der Waals surface area contributed by atoms with E-state index in [0.717, 1.165) is 50.1 Å². The van der Waals surface area contributed by atoms with Crippen LogP contribution in [0.1, 0.15) is 39.4 Å². The molecule has 4 rings (SSSR count). The van der Waals surface area contributed by atoms with Crippen LogP contribution in [0.2, 0.25) is 0 Å². The van der Waals surface area contributed by atoms with E-state index in [2.05, 4.69) is 17.3 Å². The third kappa shape index (κ3) is 4.36. The van der Waals surface area contributed by atoms with Crippen molar-refractivity contribution in [3.05, 3.63) is 21.4 Å². The molecule has 0 saturated carbocycles. The van der Waals surface area contributed by atoms with Crippen molar-refractivity contribution in [2.24, 2.45) is 5.92 Å². The minimum atomic E-state index is 0.0399. The minimum absolute atomic E-state index is 0.0399. The molecule has 3 aliphatic rings. The highest BCUT2D eigenvalue weighted by atomic mass is 32.1. The first-order valence-electron chi connectivity index (χ1n) is 10.1. The summed E-state index contributed by atoms with van der Waals surface area (Å²) in [4.78, 5) is 31.8. The number of thiophene rings is 1. The van der Waals surface area contributed by atoms with Crippen molar-refractivity contribution in [1.29, 1.82) is 0 Å². The Labute approximate surface area is 164 Å². The number of morpholine rings is 1. The van der Waals surface area contributed by atoms with Gasteiger partial charge in [0.1, 0.15) is 0 Å². The molecule has 0 bridgehead atoms. The molecule has 2 fully saturated rings. The molecule has 1 aromatic rings. The molecule has 7 heteroatoms. The lowest BCUT2D eigenvalue weighted by Crippen LogP contribution is -2.46. The minimum Gasteiger partial charge on any atom is -0.378 e. The van der Waals surface area contributed by atoms with Gasteiger partial charge in [0.2, 0.25) is 5.91 Å².